The average molecular weight is 502 g/mol. The molecule has 0 amide bonds. The van der Waals surface area contributed by atoms with Crippen LogP contribution in [0.5, 0.6) is 0 Å². The number of furan rings is 1. The van der Waals surface area contributed by atoms with E-state index < -0.39 is 0 Å². The molecule has 1 aliphatic carbocycles. The van der Waals surface area contributed by atoms with E-state index in [4.69, 9.17) is 9.40 Å². The van der Waals surface area contributed by atoms with Crippen LogP contribution in [0.3, 0.4) is 0 Å². The maximum absolute atomic E-state index is 6.23. The molecule has 0 bridgehead atoms. The highest BCUT2D eigenvalue weighted by Gasteiger charge is 2.37. The van der Waals surface area contributed by atoms with Gasteiger partial charge >= 0.3 is 0 Å². The molecule has 2 aliphatic rings. The standard InChI is InChI=1S/C35H23N3O/c1-5-13-30-24(9-1)25-10-2-6-14-31(25)37(30)22-17-18-34-28(19-22)29-20-23(21-36-35(29)39-34)38-32-15-7-3-11-26(32)27-12-4-8-16-33(27)38/h1-21,24,30H. The lowest BCUT2D eigenvalue weighted by atomic mass is 9.91. The monoisotopic (exact) mass is 501 g/mol. The van der Waals surface area contributed by atoms with E-state index >= 15 is 0 Å². The van der Waals surface area contributed by atoms with E-state index in [1.165, 1.54) is 33.1 Å². The summed E-state index contributed by atoms with van der Waals surface area (Å²) in [7, 11) is 0. The molecule has 2 unspecified atom stereocenters. The van der Waals surface area contributed by atoms with Gasteiger partial charge < -0.3 is 13.9 Å². The molecule has 0 fully saturated rings. The van der Waals surface area contributed by atoms with E-state index in [1.807, 2.05) is 6.20 Å². The number of benzene rings is 4. The molecule has 7 aromatic rings. The molecule has 184 valence electrons. The number of hydrogen-bond donors (Lipinski definition) is 0. The van der Waals surface area contributed by atoms with Crippen LogP contribution in [0.4, 0.5) is 11.4 Å². The van der Waals surface area contributed by atoms with Crippen molar-refractivity contribution in [2.45, 2.75) is 12.0 Å². The zero-order valence-corrected chi connectivity index (χ0v) is 21.0. The van der Waals surface area contributed by atoms with Crippen LogP contribution in [0.1, 0.15) is 11.5 Å². The number of anilines is 2. The van der Waals surface area contributed by atoms with Gasteiger partial charge in [0.1, 0.15) is 5.58 Å². The smallest absolute Gasteiger partial charge is 0.227 e. The van der Waals surface area contributed by atoms with Gasteiger partial charge in [0.25, 0.3) is 0 Å². The van der Waals surface area contributed by atoms with Crippen molar-refractivity contribution >= 4 is 55.2 Å². The average Bonchev–Trinajstić information content (AvgIpc) is 3.64. The lowest BCUT2D eigenvalue weighted by molar-refractivity contribution is 0.654. The van der Waals surface area contributed by atoms with Gasteiger partial charge in [-0.25, -0.2) is 4.98 Å². The second-order valence-corrected chi connectivity index (χ2v) is 10.4. The minimum absolute atomic E-state index is 0.259. The number of allylic oxidation sites excluding steroid dienone is 2. The molecule has 4 heterocycles. The summed E-state index contributed by atoms with van der Waals surface area (Å²) in [5, 5.41) is 4.58. The van der Waals surface area contributed by atoms with Gasteiger partial charge in [0.05, 0.1) is 34.3 Å². The van der Waals surface area contributed by atoms with Crippen LogP contribution in [0.15, 0.2) is 132 Å². The Bertz CT molecular complexity index is 2110. The molecule has 0 N–H and O–H groups in total. The predicted octanol–water partition coefficient (Wildman–Crippen LogP) is 8.81. The largest absolute Gasteiger partial charge is 0.438 e. The van der Waals surface area contributed by atoms with Crippen molar-refractivity contribution in [1.82, 2.24) is 9.55 Å². The number of aromatic nitrogens is 2. The highest BCUT2D eigenvalue weighted by Crippen LogP contribution is 2.48. The summed E-state index contributed by atoms with van der Waals surface area (Å²) in [6.45, 7) is 0. The number of hydrogen-bond acceptors (Lipinski definition) is 3. The molecule has 1 aliphatic heterocycles. The Morgan fingerprint density at radius 1 is 0.641 bits per heavy atom. The number of rotatable bonds is 2. The van der Waals surface area contributed by atoms with Crippen molar-refractivity contribution in [3.05, 3.63) is 133 Å². The quantitative estimate of drug-likeness (QED) is 0.237. The van der Waals surface area contributed by atoms with Gasteiger partial charge in [-0.15, -0.1) is 0 Å². The van der Waals surface area contributed by atoms with Gasteiger partial charge in [-0.1, -0.05) is 78.9 Å². The topological polar surface area (TPSA) is 34.2 Å². The van der Waals surface area contributed by atoms with Crippen molar-refractivity contribution in [2.75, 3.05) is 4.90 Å². The lowest BCUT2D eigenvalue weighted by Gasteiger charge is -2.28. The zero-order valence-electron chi connectivity index (χ0n) is 21.0. The molecule has 0 radical (unpaired) electrons. The maximum atomic E-state index is 6.23. The first-order valence-corrected chi connectivity index (χ1v) is 13.4. The Morgan fingerprint density at radius 2 is 1.36 bits per heavy atom. The van der Waals surface area contributed by atoms with Gasteiger partial charge in [0.2, 0.25) is 5.71 Å². The van der Waals surface area contributed by atoms with E-state index in [0.29, 0.717) is 11.6 Å². The van der Waals surface area contributed by atoms with Crippen LogP contribution >= 0.6 is 0 Å². The molecule has 0 spiro atoms. The Labute approximate surface area is 224 Å². The molecule has 9 rings (SSSR count). The zero-order chi connectivity index (χ0) is 25.5. The number of pyridine rings is 1. The molecule has 4 aromatic carbocycles. The second-order valence-electron chi connectivity index (χ2n) is 10.4. The predicted molar refractivity (Wildman–Crippen MR) is 159 cm³/mol. The third-order valence-electron chi connectivity index (χ3n) is 8.37. The summed E-state index contributed by atoms with van der Waals surface area (Å²) in [6.07, 6.45) is 10.9. The first-order valence-electron chi connectivity index (χ1n) is 13.4. The molecular formula is C35H23N3O. The molecule has 3 aromatic heterocycles. The first-order chi connectivity index (χ1) is 19.3. The van der Waals surface area contributed by atoms with Gasteiger partial charge in [-0.2, -0.15) is 0 Å². The summed E-state index contributed by atoms with van der Waals surface area (Å²) in [5.74, 6) is 0.353. The normalized spacial score (nSPS) is 18.0. The van der Waals surface area contributed by atoms with Crippen molar-refractivity contribution in [2.24, 2.45) is 0 Å². The maximum Gasteiger partial charge on any atom is 0.227 e. The fourth-order valence-electron chi connectivity index (χ4n) is 6.70. The highest BCUT2D eigenvalue weighted by molar-refractivity contribution is 6.10. The molecule has 4 heteroatoms. The number of fused-ring (bicyclic) bond motifs is 9. The Morgan fingerprint density at radius 3 is 2.21 bits per heavy atom. The van der Waals surface area contributed by atoms with Crippen LogP contribution < -0.4 is 4.90 Å². The van der Waals surface area contributed by atoms with Crippen LogP contribution in [0.2, 0.25) is 0 Å². The molecular weight excluding hydrogens is 478 g/mol. The Hall–Kier alpha value is -5.09. The number of nitrogens with zero attached hydrogens (tertiary/aromatic N) is 3. The van der Waals surface area contributed by atoms with Crippen molar-refractivity contribution < 1.29 is 4.42 Å². The van der Waals surface area contributed by atoms with Crippen LogP contribution in [0.25, 0.3) is 49.6 Å². The van der Waals surface area contributed by atoms with Gasteiger partial charge in [-0.05, 0) is 48.0 Å². The molecule has 39 heavy (non-hydrogen) atoms. The summed E-state index contributed by atoms with van der Waals surface area (Å²) in [6, 6.07) is 34.9. The molecule has 4 nitrogen and oxygen atoms in total. The van der Waals surface area contributed by atoms with E-state index in [9.17, 15) is 0 Å². The molecule has 2 atom stereocenters. The van der Waals surface area contributed by atoms with Crippen LogP contribution in [-0.2, 0) is 0 Å². The third kappa shape index (κ3) is 2.86. The fraction of sp³-hybridized carbons (Fsp3) is 0.0571. The van der Waals surface area contributed by atoms with E-state index in [0.717, 1.165) is 27.7 Å². The SMILES string of the molecule is C1=CC2c3ccccc3N(c3ccc4oc5ncc(-n6c7ccccc7c7ccccc76)cc5c4c3)C2C=C1. The molecule has 0 saturated carbocycles. The van der Waals surface area contributed by atoms with E-state index in [2.05, 4.69) is 131 Å². The fourth-order valence-corrected chi connectivity index (χ4v) is 6.70. The number of para-hydroxylation sites is 3. The Kier molecular flexibility index (Phi) is 4.14. The minimum Gasteiger partial charge on any atom is -0.438 e. The minimum atomic E-state index is 0.259. The van der Waals surface area contributed by atoms with Crippen LogP contribution in [-0.4, -0.2) is 15.6 Å². The van der Waals surface area contributed by atoms with E-state index in [-0.39, 0.29) is 6.04 Å². The summed E-state index contributed by atoms with van der Waals surface area (Å²) >= 11 is 0. The Balaban J connectivity index is 1.26. The summed E-state index contributed by atoms with van der Waals surface area (Å²) in [4.78, 5) is 7.26. The van der Waals surface area contributed by atoms with Crippen molar-refractivity contribution in [3.8, 4) is 5.69 Å². The lowest BCUT2D eigenvalue weighted by Crippen LogP contribution is -2.28. The highest BCUT2D eigenvalue weighted by atomic mass is 16.3. The van der Waals surface area contributed by atoms with Gasteiger partial charge in [0.15, 0.2) is 0 Å². The van der Waals surface area contributed by atoms with E-state index in [1.54, 1.807) is 0 Å². The summed E-state index contributed by atoms with van der Waals surface area (Å²) < 4.78 is 8.54. The molecule has 0 saturated heterocycles. The van der Waals surface area contributed by atoms with Gasteiger partial charge in [0, 0.05) is 33.5 Å². The first kappa shape index (κ1) is 20.9. The summed E-state index contributed by atoms with van der Waals surface area (Å²) in [5.41, 5.74) is 8.67. The van der Waals surface area contributed by atoms with Crippen LogP contribution in [0, 0.1) is 0 Å². The van der Waals surface area contributed by atoms with Crippen molar-refractivity contribution in [3.63, 3.8) is 0 Å². The van der Waals surface area contributed by atoms with Gasteiger partial charge in [-0.3, -0.25) is 0 Å². The second kappa shape index (κ2) is 7.71. The third-order valence-corrected chi connectivity index (χ3v) is 8.37. The van der Waals surface area contributed by atoms with Crippen molar-refractivity contribution in [1.29, 1.82) is 0 Å².